The van der Waals surface area contributed by atoms with Crippen LogP contribution >= 0.6 is 0 Å². The fraction of sp³-hybridized carbons (Fsp3) is 0.632. The number of ether oxygens (including phenoxy) is 2. The van der Waals surface area contributed by atoms with Gasteiger partial charge in [0, 0.05) is 39.7 Å². The Morgan fingerprint density at radius 1 is 1.30 bits per heavy atom. The molecule has 126 valence electrons. The van der Waals surface area contributed by atoms with Crippen LogP contribution in [0.1, 0.15) is 51.9 Å². The highest BCUT2D eigenvalue weighted by molar-refractivity contribution is 5.83. The Balaban J connectivity index is 1.83. The van der Waals surface area contributed by atoms with Crippen LogP contribution in [-0.4, -0.2) is 38.0 Å². The van der Waals surface area contributed by atoms with Crippen LogP contribution in [0.2, 0.25) is 0 Å². The number of nitrogens with zero attached hydrogens (tertiary/aromatic N) is 1. The van der Waals surface area contributed by atoms with Gasteiger partial charge in [0.25, 0.3) is 0 Å². The van der Waals surface area contributed by atoms with Crippen molar-refractivity contribution in [3.8, 4) is 11.5 Å². The Labute approximate surface area is 147 Å². The van der Waals surface area contributed by atoms with Gasteiger partial charge in [-0.3, -0.25) is 9.69 Å². The molecule has 23 heavy (non-hydrogen) atoms. The standard InChI is InChI=1S/C19H27NO3/c1-12(2)7-14-11-20-6-5-13-8-18(22-3)19(23-4)9-15(13)16(20)10-17(14)21/h8-9,12,14,16H,5-7,10-11H2,1-4H3/i1D3,2D3. The Bertz CT molecular complexity index is 762. The molecular weight excluding hydrogens is 290 g/mol. The van der Waals surface area contributed by atoms with E-state index >= 15 is 0 Å². The number of hydrogen-bond donors (Lipinski definition) is 0. The number of carbonyl (C=O) groups excluding carboxylic acids is 1. The molecule has 2 atom stereocenters. The van der Waals surface area contributed by atoms with Crippen LogP contribution in [0.5, 0.6) is 11.5 Å². The van der Waals surface area contributed by atoms with Crippen LogP contribution < -0.4 is 9.47 Å². The summed E-state index contributed by atoms with van der Waals surface area (Å²) in [7, 11) is 3.15. The molecule has 2 unspecified atom stereocenters. The summed E-state index contributed by atoms with van der Waals surface area (Å²) in [6.07, 6.45) is 0.866. The molecule has 1 aromatic carbocycles. The number of Topliss-reactive ketones (excluding diaryl/α,β-unsaturated/α-hetero) is 1. The Morgan fingerprint density at radius 3 is 2.74 bits per heavy atom. The van der Waals surface area contributed by atoms with E-state index in [0.29, 0.717) is 18.0 Å². The lowest BCUT2D eigenvalue weighted by molar-refractivity contribution is -0.129. The molecule has 1 fully saturated rings. The van der Waals surface area contributed by atoms with Crippen molar-refractivity contribution in [3.05, 3.63) is 23.3 Å². The lowest BCUT2D eigenvalue weighted by Crippen LogP contribution is -2.46. The molecule has 1 aromatic rings. The second-order valence-corrected chi connectivity index (χ2v) is 6.32. The van der Waals surface area contributed by atoms with E-state index in [4.69, 9.17) is 17.7 Å². The molecule has 0 spiro atoms. The maximum atomic E-state index is 12.9. The first-order valence-corrected chi connectivity index (χ1v) is 7.97. The molecule has 0 radical (unpaired) electrons. The van der Waals surface area contributed by atoms with E-state index in [9.17, 15) is 4.79 Å². The molecule has 0 amide bonds. The van der Waals surface area contributed by atoms with E-state index in [0.717, 1.165) is 24.1 Å². The van der Waals surface area contributed by atoms with Crippen molar-refractivity contribution in [1.82, 2.24) is 4.90 Å². The van der Waals surface area contributed by atoms with Crippen molar-refractivity contribution in [3.63, 3.8) is 0 Å². The molecule has 0 bridgehead atoms. The molecule has 0 N–H and O–H groups in total. The molecule has 2 heterocycles. The molecule has 1 saturated heterocycles. The van der Waals surface area contributed by atoms with E-state index in [2.05, 4.69) is 4.90 Å². The summed E-state index contributed by atoms with van der Waals surface area (Å²) in [5.74, 6) is -0.904. The molecule has 0 aromatic heterocycles. The first-order valence-electron chi connectivity index (χ1n) is 11.0. The van der Waals surface area contributed by atoms with Gasteiger partial charge in [-0.1, -0.05) is 13.7 Å². The summed E-state index contributed by atoms with van der Waals surface area (Å²) >= 11 is 0. The number of rotatable bonds is 4. The first-order chi connectivity index (χ1) is 13.5. The third-order valence-electron chi connectivity index (χ3n) is 4.94. The Morgan fingerprint density at radius 2 is 2.04 bits per heavy atom. The monoisotopic (exact) mass is 323 g/mol. The van der Waals surface area contributed by atoms with E-state index in [1.54, 1.807) is 14.2 Å². The van der Waals surface area contributed by atoms with Crippen LogP contribution in [0.15, 0.2) is 12.1 Å². The molecule has 0 saturated carbocycles. The third-order valence-corrected chi connectivity index (χ3v) is 4.94. The molecule has 0 aliphatic carbocycles. The molecule has 4 heteroatoms. The fourth-order valence-electron chi connectivity index (χ4n) is 3.77. The summed E-state index contributed by atoms with van der Waals surface area (Å²) in [5, 5.41) is 0. The van der Waals surface area contributed by atoms with Crippen LogP contribution in [0.4, 0.5) is 0 Å². The van der Waals surface area contributed by atoms with Gasteiger partial charge in [-0.05, 0) is 42.0 Å². The van der Waals surface area contributed by atoms with Crippen LogP contribution in [0, 0.1) is 11.8 Å². The number of benzene rings is 1. The minimum absolute atomic E-state index is 0.0765. The van der Waals surface area contributed by atoms with Crippen molar-refractivity contribution < 1.29 is 22.5 Å². The third kappa shape index (κ3) is 3.09. The summed E-state index contributed by atoms with van der Waals surface area (Å²) < 4.78 is 56.5. The van der Waals surface area contributed by atoms with Crippen molar-refractivity contribution >= 4 is 5.78 Å². The van der Waals surface area contributed by atoms with Crippen molar-refractivity contribution in [2.75, 3.05) is 27.3 Å². The second kappa shape index (κ2) is 6.52. The van der Waals surface area contributed by atoms with Crippen LogP contribution in [-0.2, 0) is 11.2 Å². The van der Waals surface area contributed by atoms with Gasteiger partial charge in [0.15, 0.2) is 11.5 Å². The van der Waals surface area contributed by atoms with Gasteiger partial charge in [-0.15, -0.1) is 0 Å². The molecule has 4 nitrogen and oxygen atoms in total. The van der Waals surface area contributed by atoms with E-state index in [-0.39, 0.29) is 24.7 Å². The van der Waals surface area contributed by atoms with Gasteiger partial charge in [-0.2, -0.15) is 0 Å². The maximum Gasteiger partial charge on any atom is 0.161 e. The predicted molar refractivity (Wildman–Crippen MR) is 90.1 cm³/mol. The molecule has 2 aliphatic rings. The summed E-state index contributed by atoms with van der Waals surface area (Å²) in [5.41, 5.74) is 2.13. The number of carbonyl (C=O) groups is 1. The quantitative estimate of drug-likeness (QED) is 0.853. The fourth-order valence-corrected chi connectivity index (χ4v) is 3.77. The minimum Gasteiger partial charge on any atom is -0.493 e. The number of piperidine rings is 1. The largest absolute Gasteiger partial charge is 0.493 e. The van der Waals surface area contributed by atoms with Crippen molar-refractivity contribution in [2.45, 2.75) is 39.0 Å². The zero-order chi connectivity index (χ0) is 21.6. The molecule has 3 rings (SSSR count). The Hall–Kier alpha value is -1.55. The van der Waals surface area contributed by atoms with Crippen LogP contribution in [0.25, 0.3) is 0 Å². The van der Waals surface area contributed by atoms with Gasteiger partial charge in [0.2, 0.25) is 0 Å². The average Bonchev–Trinajstić information content (AvgIpc) is 2.63. The number of methoxy groups -OCH3 is 2. The minimum atomic E-state index is -2.62. The number of fused-ring (bicyclic) bond motifs is 3. The zero-order valence-electron chi connectivity index (χ0n) is 19.6. The number of hydrogen-bond acceptors (Lipinski definition) is 4. The summed E-state index contributed by atoms with van der Waals surface area (Å²) in [6, 6.07) is 3.74. The topological polar surface area (TPSA) is 38.8 Å². The van der Waals surface area contributed by atoms with Crippen molar-refractivity contribution in [1.29, 1.82) is 0 Å². The lowest BCUT2D eigenvalue weighted by Gasteiger charge is -2.43. The summed E-state index contributed by atoms with van der Waals surface area (Å²) in [4.78, 5) is 15.0. The normalized spacial score (nSPS) is 29.3. The summed E-state index contributed by atoms with van der Waals surface area (Å²) in [6.45, 7) is -4.15. The SMILES string of the molecule is [2H]C([2H])([2H])C(CC1CN2CCc3cc(OC)c(OC)cc3C2CC1=O)C([2H])([2H])[2H]. The zero-order valence-corrected chi connectivity index (χ0v) is 13.6. The Kier molecular flexibility index (Phi) is 2.93. The molecular formula is C19H27NO3. The van der Waals surface area contributed by atoms with E-state index in [1.165, 1.54) is 0 Å². The van der Waals surface area contributed by atoms with Gasteiger partial charge in [0.05, 0.1) is 14.2 Å². The highest BCUT2D eigenvalue weighted by Gasteiger charge is 2.38. The van der Waals surface area contributed by atoms with Crippen molar-refractivity contribution in [2.24, 2.45) is 11.8 Å². The maximum absolute atomic E-state index is 12.9. The van der Waals surface area contributed by atoms with E-state index < -0.39 is 25.5 Å². The lowest BCUT2D eigenvalue weighted by atomic mass is 9.80. The highest BCUT2D eigenvalue weighted by atomic mass is 16.5. The van der Waals surface area contributed by atoms with Gasteiger partial charge < -0.3 is 9.47 Å². The smallest absolute Gasteiger partial charge is 0.161 e. The first kappa shape index (κ1) is 10.3. The second-order valence-electron chi connectivity index (χ2n) is 6.32. The van der Waals surface area contributed by atoms with Crippen LogP contribution in [0.3, 0.4) is 0 Å². The molecule has 2 aliphatic heterocycles. The highest BCUT2D eigenvalue weighted by Crippen LogP contribution is 2.42. The predicted octanol–water partition coefficient (Wildman–Crippen LogP) is 3.24. The average molecular weight is 323 g/mol. The van der Waals surface area contributed by atoms with Gasteiger partial charge in [0.1, 0.15) is 5.78 Å². The van der Waals surface area contributed by atoms with Gasteiger partial charge >= 0.3 is 0 Å². The number of ketones is 1. The van der Waals surface area contributed by atoms with Gasteiger partial charge in [-0.25, -0.2) is 0 Å². The van der Waals surface area contributed by atoms with E-state index in [1.807, 2.05) is 12.1 Å².